The van der Waals surface area contributed by atoms with Crippen molar-refractivity contribution in [2.24, 2.45) is 4.99 Å². The Kier molecular flexibility index (Phi) is 6.67. The lowest BCUT2D eigenvalue weighted by Gasteiger charge is -2.13. The van der Waals surface area contributed by atoms with E-state index in [1.807, 2.05) is 24.3 Å². The van der Waals surface area contributed by atoms with Gasteiger partial charge in [-0.05, 0) is 6.07 Å². The Morgan fingerprint density at radius 3 is 2.95 bits per heavy atom. The van der Waals surface area contributed by atoms with Crippen LogP contribution in [0.3, 0.4) is 0 Å². The average molecular weight is 257 g/mol. The molecule has 1 aromatic carbocycles. The molecule has 0 saturated carbocycles. The zero-order valence-electron chi connectivity index (χ0n) is 11.1. The minimum absolute atomic E-state index is 0.439. The number of rotatable bonds is 6. The van der Waals surface area contributed by atoms with Crippen molar-refractivity contribution in [1.29, 1.82) is 0 Å². The number of hydrogen-bond acceptors (Lipinski definition) is 2. The van der Waals surface area contributed by atoms with Crippen LogP contribution in [-0.2, 0) is 6.54 Å². The van der Waals surface area contributed by atoms with Gasteiger partial charge in [0.1, 0.15) is 12.4 Å². The van der Waals surface area contributed by atoms with Crippen molar-refractivity contribution in [2.45, 2.75) is 6.54 Å². The Bertz CT molecular complexity index is 475. The van der Waals surface area contributed by atoms with Crippen LogP contribution in [0.2, 0.25) is 0 Å². The lowest BCUT2D eigenvalue weighted by molar-refractivity contribution is 0.358. The second-order valence-electron chi connectivity index (χ2n) is 3.69. The standard InChI is InChI=1S/C15H19N3O/c1-4-10-17-15(16-3)18-12-13-8-6-7-9-14(13)19-11-5-2/h1,5-9H,2,10-12H2,3H3,(H2,16,17,18). The molecule has 1 rings (SSSR count). The number of hydrogen-bond donors (Lipinski definition) is 2. The summed E-state index contributed by atoms with van der Waals surface area (Å²) in [6, 6.07) is 7.83. The molecule has 0 radical (unpaired) electrons. The molecule has 0 aromatic heterocycles. The summed E-state index contributed by atoms with van der Waals surface area (Å²) in [5.74, 6) is 4.00. The van der Waals surface area contributed by atoms with Crippen LogP contribution < -0.4 is 15.4 Å². The van der Waals surface area contributed by atoms with Crippen molar-refractivity contribution in [3.05, 3.63) is 42.5 Å². The van der Waals surface area contributed by atoms with E-state index in [9.17, 15) is 0 Å². The summed E-state index contributed by atoms with van der Waals surface area (Å²) in [4.78, 5) is 4.07. The molecule has 0 aliphatic rings. The summed E-state index contributed by atoms with van der Waals surface area (Å²) in [5.41, 5.74) is 1.05. The lowest BCUT2D eigenvalue weighted by atomic mass is 10.2. The van der Waals surface area contributed by atoms with Gasteiger partial charge in [0.05, 0.1) is 6.54 Å². The number of nitrogens with zero attached hydrogens (tertiary/aromatic N) is 1. The lowest BCUT2D eigenvalue weighted by Crippen LogP contribution is -2.37. The van der Waals surface area contributed by atoms with Gasteiger partial charge in [0.25, 0.3) is 0 Å². The smallest absolute Gasteiger partial charge is 0.192 e. The third-order valence-corrected chi connectivity index (χ3v) is 2.36. The van der Waals surface area contributed by atoms with Gasteiger partial charge in [-0.15, -0.1) is 6.42 Å². The highest BCUT2D eigenvalue weighted by Crippen LogP contribution is 2.17. The number of benzene rings is 1. The average Bonchev–Trinajstić information content (AvgIpc) is 2.46. The quantitative estimate of drug-likeness (QED) is 0.352. The second kappa shape index (κ2) is 8.65. The summed E-state index contributed by atoms with van der Waals surface area (Å²) in [5, 5.41) is 6.17. The number of ether oxygens (including phenoxy) is 1. The molecule has 0 amide bonds. The molecule has 0 heterocycles. The van der Waals surface area contributed by atoms with Gasteiger partial charge in [-0.25, -0.2) is 0 Å². The molecule has 2 N–H and O–H groups in total. The fourth-order valence-electron chi connectivity index (χ4n) is 1.47. The normalized spacial score (nSPS) is 10.4. The van der Waals surface area contributed by atoms with E-state index in [2.05, 4.69) is 28.1 Å². The van der Waals surface area contributed by atoms with Crippen molar-refractivity contribution in [3.8, 4) is 18.1 Å². The third kappa shape index (κ3) is 5.17. The predicted octanol–water partition coefficient (Wildman–Crippen LogP) is 1.55. The molecule has 4 heteroatoms. The first-order valence-electron chi connectivity index (χ1n) is 6.01. The number of terminal acetylenes is 1. The van der Waals surface area contributed by atoms with Gasteiger partial charge >= 0.3 is 0 Å². The van der Waals surface area contributed by atoms with Gasteiger partial charge < -0.3 is 15.4 Å². The van der Waals surface area contributed by atoms with Crippen LogP contribution in [0.15, 0.2) is 41.9 Å². The highest BCUT2D eigenvalue weighted by Gasteiger charge is 2.03. The van der Waals surface area contributed by atoms with Crippen molar-refractivity contribution in [3.63, 3.8) is 0 Å². The van der Waals surface area contributed by atoms with E-state index < -0.39 is 0 Å². The van der Waals surface area contributed by atoms with Crippen LogP contribution in [0.1, 0.15) is 5.56 Å². The number of nitrogens with one attached hydrogen (secondary N) is 2. The molecule has 0 unspecified atom stereocenters. The topological polar surface area (TPSA) is 45.7 Å². The third-order valence-electron chi connectivity index (χ3n) is 2.36. The largest absolute Gasteiger partial charge is 0.489 e. The Morgan fingerprint density at radius 2 is 2.26 bits per heavy atom. The molecule has 0 fully saturated rings. The van der Waals surface area contributed by atoms with Crippen LogP contribution in [0.25, 0.3) is 0 Å². The zero-order valence-corrected chi connectivity index (χ0v) is 11.1. The van der Waals surface area contributed by atoms with Gasteiger partial charge in [-0.1, -0.05) is 36.8 Å². The molecule has 4 nitrogen and oxygen atoms in total. The van der Waals surface area contributed by atoms with Gasteiger partial charge in [-0.3, -0.25) is 4.99 Å². The number of aliphatic imine (C=N–C) groups is 1. The van der Waals surface area contributed by atoms with Crippen molar-refractivity contribution < 1.29 is 4.74 Å². The highest BCUT2D eigenvalue weighted by atomic mass is 16.5. The van der Waals surface area contributed by atoms with Gasteiger partial charge in [0.15, 0.2) is 5.96 Å². The molecular formula is C15H19N3O. The van der Waals surface area contributed by atoms with E-state index in [-0.39, 0.29) is 0 Å². The maximum Gasteiger partial charge on any atom is 0.192 e. The first kappa shape index (κ1) is 14.7. The highest BCUT2D eigenvalue weighted by molar-refractivity contribution is 5.79. The fraction of sp³-hybridized carbons (Fsp3) is 0.267. The molecule has 19 heavy (non-hydrogen) atoms. The van der Waals surface area contributed by atoms with E-state index in [1.54, 1.807) is 13.1 Å². The van der Waals surface area contributed by atoms with Gasteiger partial charge in [-0.2, -0.15) is 0 Å². The van der Waals surface area contributed by atoms with E-state index in [4.69, 9.17) is 11.2 Å². The van der Waals surface area contributed by atoms with E-state index in [0.29, 0.717) is 25.7 Å². The van der Waals surface area contributed by atoms with Crippen LogP contribution >= 0.6 is 0 Å². The monoisotopic (exact) mass is 257 g/mol. The summed E-state index contributed by atoms with van der Waals surface area (Å²) < 4.78 is 5.58. The van der Waals surface area contributed by atoms with Crippen molar-refractivity contribution >= 4 is 5.96 Å². The Labute approximate surface area is 114 Å². The first-order chi connectivity index (χ1) is 9.31. The molecule has 0 bridgehead atoms. The van der Waals surface area contributed by atoms with E-state index in [0.717, 1.165) is 11.3 Å². The predicted molar refractivity (Wildman–Crippen MR) is 79.2 cm³/mol. The molecule has 0 aliphatic heterocycles. The maximum atomic E-state index is 5.58. The number of para-hydroxylation sites is 1. The first-order valence-corrected chi connectivity index (χ1v) is 6.01. The van der Waals surface area contributed by atoms with Crippen LogP contribution in [0.5, 0.6) is 5.75 Å². The number of guanidine groups is 1. The molecule has 100 valence electrons. The maximum absolute atomic E-state index is 5.58. The molecule has 0 saturated heterocycles. The molecule has 0 atom stereocenters. The van der Waals surface area contributed by atoms with Crippen molar-refractivity contribution in [1.82, 2.24) is 10.6 Å². The van der Waals surface area contributed by atoms with E-state index in [1.165, 1.54) is 0 Å². The van der Waals surface area contributed by atoms with Crippen molar-refractivity contribution in [2.75, 3.05) is 20.2 Å². The second-order valence-corrected chi connectivity index (χ2v) is 3.69. The fourth-order valence-corrected chi connectivity index (χ4v) is 1.47. The van der Waals surface area contributed by atoms with Crippen LogP contribution in [0.4, 0.5) is 0 Å². The molecular weight excluding hydrogens is 238 g/mol. The minimum atomic E-state index is 0.439. The Balaban J connectivity index is 2.61. The molecule has 0 aliphatic carbocycles. The summed E-state index contributed by atoms with van der Waals surface area (Å²) >= 11 is 0. The summed E-state index contributed by atoms with van der Waals surface area (Å²) in [6.45, 7) is 5.17. The van der Waals surface area contributed by atoms with Crippen LogP contribution in [0, 0.1) is 12.3 Å². The Hall–Kier alpha value is -2.41. The minimum Gasteiger partial charge on any atom is -0.489 e. The Morgan fingerprint density at radius 1 is 1.47 bits per heavy atom. The van der Waals surface area contributed by atoms with Gasteiger partial charge in [0.2, 0.25) is 0 Å². The van der Waals surface area contributed by atoms with Gasteiger partial charge in [0, 0.05) is 19.2 Å². The summed E-state index contributed by atoms with van der Waals surface area (Å²) in [6.07, 6.45) is 6.91. The zero-order chi connectivity index (χ0) is 13.9. The molecule has 1 aromatic rings. The van der Waals surface area contributed by atoms with Crippen LogP contribution in [-0.4, -0.2) is 26.2 Å². The SMILES string of the molecule is C#CCNC(=NC)NCc1ccccc1OCC=C. The van der Waals surface area contributed by atoms with E-state index >= 15 is 0 Å². The molecule has 0 spiro atoms. The summed E-state index contributed by atoms with van der Waals surface area (Å²) in [7, 11) is 1.70.